The Morgan fingerprint density at radius 2 is 2.09 bits per heavy atom. The van der Waals surface area contributed by atoms with Gasteiger partial charge in [0.25, 0.3) is 11.5 Å². The average Bonchev–Trinajstić information content (AvgIpc) is 3.36. The van der Waals surface area contributed by atoms with Crippen molar-refractivity contribution < 1.29 is 13.9 Å². The number of carbonyl (C=O) groups is 1. The van der Waals surface area contributed by atoms with E-state index in [0.29, 0.717) is 17.2 Å². The van der Waals surface area contributed by atoms with Crippen LogP contribution in [0.3, 0.4) is 0 Å². The standard InChI is InChI=1S/C27H24N4O4/c1-17(2)21-10-9-18(3)13-23(21)35-26-22(27(33)31-11-5-4-8-24(31)30-26)14-19(15-28)25(32)29-16-20-7-6-12-34-20/h4-14,17H,16H2,1-3H3,(H,29,32). The summed E-state index contributed by atoms with van der Waals surface area (Å²) in [7, 11) is 0. The molecule has 3 aromatic heterocycles. The summed E-state index contributed by atoms with van der Waals surface area (Å²) in [6.07, 6.45) is 4.28. The van der Waals surface area contributed by atoms with E-state index in [4.69, 9.17) is 9.15 Å². The molecule has 4 aromatic rings. The van der Waals surface area contributed by atoms with E-state index in [-0.39, 0.29) is 29.5 Å². The third kappa shape index (κ3) is 5.14. The number of ether oxygens (including phenoxy) is 1. The zero-order valence-electron chi connectivity index (χ0n) is 19.6. The van der Waals surface area contributed by atoms with Crippen molar-refractivity contribution in [2.45, 2.75) is 33.2 Å². The normalized spacial score (nSPS) is 11.5. The van der Waals surface area contributed by atoms with Crippen LogP contribution >= 0.6 is 0 Å². The lowest BCUT2D eigenvalue weighted by atomic mass is 10.0. The van der Waals surface area contributed by atoms with E-state index in [2.05, 4.69) is 10.3 Å². The number of hydrogen-bond acceptors (Lipinski definition) is 6. The molecule has 1 amide bonds. The number of aromatic nitrogens is 2. The quantitative estimate of drug-likeness (QED) is 0.310. The second-order valence-corrected chi connectivity index (χ2v) is 8.29. The summed E-state index contributed by atoms with van der Waals surface area (Å²) in [4.78, 5) is 30.6. The lowest BCUT2D eigenvalue weighted by Gasteiger charge is -2.16. The van der Waals surface area contributed by atoms with Gasteiger partial charge in [-0.1, -0.05) is 32.0 Å². The van der Waals surface area contributed by atoms with Crippen molar-refractivity contribution in [3.05, 3.63) is 99.4 Å². The highest BCUT2D eigenvalue weighted by Gasteiger charge is 2.19. The molecule has 8 heteroatoms. The fraction of sp³-hybridized carbons (Fsp3) is 0.185. The Balaban J connectivity index is 1.81. The van der Waals surface area contributed by atoms with E-state index in [0.717, 1.165) is 11.1 Å². The Hall–Kier alpha value is -4.64. The minimum Gasteiger partial charge on any atom is -0.467 e. The second-order valence-electron chi connectivity index (χ2n) is 8.29. The number of nitrogens with zero attached hydrogens (tertiary/aromatic N) is 3. The molecule has 0 atom stereocenters. The van der Waals surface area contributed by atoms with Crippen LogP contribution in [0.4, 0.5) is 0 Å². The Kier molecular flexibility index (Phi) is 6.78. The van der Waals surface area contributed by atoms with Crippen molar-refractivity contribution in [2.75, 3.05) is 0 Å². The lowest BCUT2D eigenvalue weighted by Crippen LogP contribution is -2.24. The smallest absolute Gasteiger partial charge is 0.269 e. The van der Waals surface area contributed by atoms with Gasteiger partial charge in [0.05, 0.1) is 12.8 Å². The largest absolute Gasteiger partial charge is 0.467 e. The summed E-state index contributed by atoms with van der Waals surface area (Å²) in [5, 5.41) is 12.3. The van der Waals surface area contributed by atoms with Gasteiger partial charge in [-0.15, -0.1) is 0 Å². The molecule has 4 rings (SSSR count). The first-order chi connectivity index (χ1) is 16.9. The van der Waals surface area contributed by atoms with Crippen molar-refractivity contribution in [3.8, 4) is 17.7 Å². The molecule has 1 N–H and O–H groups in total. The maximum absolute atomic E-state index is 13.4. The maximum Gasteiger partial charge on any atom is 0.269 e. The summed E-state index contributed by atoms with van der Waals surface area (Å²) in [5.74, 6) is 0.620. The summed E-state index contributed by atoms with van der Waals surface area (Å²) >= 11 is 0. The van der Waals surface area contributed by atoms with Crippen LogP contribution in [0.25, 0.3) is 11.7 Å². The van der Waals surface area contributed by atoms with Crippen LogP contribution in [0.5, 0.6) is 11.6 Å². The van der Waals surface area contributed by atoms with E-state index in [1.54, 1.807) is 36.5 Å². The zero-order valence-corrected chi connectivity index (χ0v) is 19.6. The summed E-state index contributed by atoms with van der Waals surface area (Å²) in [6.45, 7) is 6.12. The zero-order chi connectivity index (χ0) is 24.9. The van der Waals surface area contributed by atoms with Gasteiger partial charge in [-0.05, 0) is 60.4 Å². The van der Waals surface area contributed by atoms with E-state index in [1.165, 1.54) is 16.7 Å². The Morgan fingerprint density at radius 1 is 1.26 bits per heavy atom. The van der Waals surface area contributed by atoms with Crippen LogP contribution in [0.1, 0.15) is 42.2 Å². The van der Waals surface area contributed by atoms with Crippen LogP contribution in [0.15, 0.2) is 75.8 Å². The molecule has 0 aliphatic carbocycles. The number of pyridine rings is 1. The Bertz CT molecular complexity index is 1510. The predicted octanol–water partition coefficient (Wildman–Crippen LogP) is 4.74. The van der Waals surface area contributed by atoms with Gasteiger partial charge < -0.3 is 14.5 Å². The van der Waals surface area contributed by atoms with Crippen LogP contribution in [-0.2, 0) is 11.3 Å². The van der Waals surface area contributed by atoms with Gasteiger partial charge in [0, 0.05) is 6.20 Å². The van der Waals surface area contributed by atoms with Gasteiger partial charge in [0.1, 0.15) is 34.4 Å². The Labute approximate surface area is 202 Å². The summed E-state index contributed by atoms with van der Waals surface area (Å²) in [5.41, 5.74) is 1.57. The molecule has 0 saturated carbocycles. The van der Waals surface area contributed by atoms with Gasteiger partial charge >= 0.3 is 0 Å². The van der Waals surface area contributed by atoms with Crippen molar-refractivity contribution >= 4 is 17.6 Å². The molecule has 0 bridgehead atoms. The molecule has 0 fully saturated rings. The van der Waals surface area contributed by atoms with Crippen LogP contribution in [0.2, 0.25) is 0 Å². The number of furan rings is 1. The number of nitriles is 1. The second kappa shape index (κ2) is 10.1. The van der Waals surface area contributed by atoms with Crippen molar-refractivity contribution in [2.24, 2.45) is 0 Å². The van der Waals surface area contributed by atoms with Gasteiger partial charge in [0.15, 0.2) is 0 Å². The minimum absolute atomic E-state index is 0.00499. The monoisotopic (exact) mass is 468 g/mol. The number of hydrogen-bond donors (Lipinski definition) is 1. The molecule has 0 radical (unpaired) electrons. The molecule has 3 heterocycles. The SMILES string of the molecule is Cc1ccc(C(C)C)c(Oc2nc3ccccn3c(=O)c2C=C(C#N)C(=O)NCc2ccco2)c1. The van der Waals surface area contributed by atoms with E-state index < -0.39 is 11.5 Å². The molecule has 0 saturated heterocycles. The molecular weight excluding hydrogens is 444 g/mol. The lowest BCUT2D eigenvalue weighted by molar-refractivity contribution is -0.117. The number of benzene rings is 1. The molecule has 176 valence electrons. The maximum atomic E-state index is 13.4. The third-order valence-electron chi connectivity index (χ3n) is 5.39. The van der Waals surface area contributed by atoms with Crippen LogP contribution < -0.4 is 15.6 Å². The molecule has 0 aliphatic rings. The van der Waals surface area contributed by atoms with E-state index >= 15 is 0 Å². The number of nitrogens with one attached hydrogen (secondary N) is 1. The van der Waals surface area contributed by atoms with E-state index in [9.17, 15) is 14.9 Å². The Morgan fingerprint density at radius 3 is 2.80 bits per heavy atom. The number of rotatable bonds is 7. The molecule has 0 unspecified atom stereocenters. The van der Waals surface area contributed by atoms with Gasteiger partial charge in [0.2, 0.25) is 5.88 Å². The number of amides is 1. The summed E-state index contributed by atoms with van der Waals surface area (Å²) < 4.78 is 12.7. The highest BCUT2D eigenvalue weighted by Crippen LogP contribution is 2.32. The fourth-order valence-electron chi connectivity index (χ4n) is 3.56. The first kappa shape index (κ1) is 23.5. The third-order valence-corrected chi connectivity index (χ3v) is 5.39. The van der Waals surface area contributed by atoms with Crippen molar-refractivity contribution in [1.29, 1.82) is 5.26 Å². The van der Waals surface area contributed by atoms with Crippen LogP contribution in [0, 0.1) is 18.3 Å². The molecule has 35 heavy (non-hydrogen) atoms. The molecule has 0 aliphatic heterocycles. The van der Waals surface area contributed by atoms with Gasteiger partial charge in [-0.3, -0.25) is 14.0 Å². The highest BCUT2D eigenvalue weighted by atomic mass is 16.5. The predicted molar refractivity (Wildman–Crippen MR) is 131 cm³/mol. The molecule has 1 aromatic carbocycles. The first-order valence-electron chi connectivity index (χ1n) is 11.1. The number of carbonyl (C=O) groups excluding carboxylic acids is 1. The van der Waals surface area contributed by atoms with Crippen molar-refractivity contribution in [1.82, 2.24) is 14.7 Å². The number of fused-ring (bicyclic) bond motifs is 1. The highest BCUT2D eigenvalue weighted by molar-refractivity contribution is 6.01. The van der Waals surface area contributed by atoms with E-state index in [1.807, 2.05) is 45.0 Å². The minimum atomic E-state index is -0.647. The summed E-state index contributed by atoms with van der Waals surface area (Å²) in [6, 6.07) is 16.3. The topological polar surface area (TPSA) is 110 Å². The molecule has 8 nitrogen and oxygen atoms in total. The average molecular weight is 469 g/mol. The first-order valence-corrected chi connectivity index (χ1v) is 11.1. The van der Waals surface area contributed by atoms with Gasteiger partial charge in [-0.25, -0.2) is 0 Å². The molecular formula is C27H24N4O4. The van der Waals surface area contributed by atoms with Crippen molar-refractivity contribution in [3.63, 3.8) is 0 Å². The van der Waals surface area contributed by atoms with Gasteiger partial charge in [-0.2, -0.15) is 10.2 Å². The molecule has 0 spiro atoms. The number of aryl methyl sites for hydroxylation is 1. The van der Waals surface area contributed by atoms with Crippen LogP contribution in [-0.4, -0.2) is 15.3 Å². The fourth-order valence-corrected chi connectivity index (χ4v) is 3.56.